The lowest BCUT2D eigenvalue weighted by Crippen LogP contribution is -2.49. The summed E-state index contributed by atoms with van der Waals surface area (Å²) in [6.07, 6.45) is 0. The third kappa shape index (κ3) is 3.61. The average molecular weight is 285 g/mol. The SMILES string of the molecule is CN(Cc1ccc(Br)cc1)C(=O)C(C)(C)N. The number of nitrogens with two attached hydrogens (primary N) is 1. The number of nitrogens with zero attached hydrogens (tertiary/aromatic N) is 1. The Labute approximate surface area is 105 Å². The van der Waals surface area contributed by atoms with Crippen LogP contribution in [0, 0.1) is 0 Å². The molecule has 4 heteroatoms. The molecule has 0 aliphatic heterocycles. The third-order valence-corrected chi connectivity index (χ3v) is 2.76. The van der Waals surface area contributed by atoms with E-state index in [1.807, 2.05) is 24.3 Å². The predicted octanol–water partition coefficient (Wildman–Crippen LogP) is 2.14. The van der Waals surface area contributed by atoms with Gasteiger partial charge in [-0.2, -0.15) is 0 Å². The molecular formula is C12H17BrN2O. The van der Waals surface area contributed by atoms with Gasteiger partial charge in [-0.1, -0.05) is 28.1 Å². The van der Waals surface area contributed by atoms with Gasteiger partial charge in [0.05, 0.1) is 5.54 Å². The van der Waals surface area contributed by atoms with E-state index < -0.39 is 5.54 Å². The number of benzene rings is 1. The number of likely N-dealkylation sites (N-methyl/N-ethyl adjacent to an activating group) is 1. The van der Waals surface area contributed by atoms with Gasteiger partial charge in [0.2, 0.25) is 5.91 Å². The fourth-order valence-electron chi connectivity index (χ4n) is 1.43. The number of hydrogen-bond acceptors (Lipinski definition) is 2. The number of rotatable bonds is 3. The van der Waals surface area contributed by atoms with Gasteiger partial charge < -0.3 is 10.6 Å². The van der Waals surface area contributed by atoms with Gasteiger partial charge in [0.25, 0.3) is 0 Å². The highest BCUT2D eigenvalue weighted by molar-refractivity contribution is 9.10. The van der Waals surface area contributed by atoms with Gasteiger partial charge >= 0.3 is 0 Å². The predicted molar refractivity (Wildman–Crippen MR) is 68.9 cm³/mol. The summed E-state index contributed by atoms with van der Waals surface area (Å²) in [6, 6.07) is 7.89. The van der Waals surface area contributed by atoms with E-state index in [0.717, 1.165) is 10.0 Å². The summed E-state index contributed by atoms with van der Waals surface area (Å²) in [6.45, 7) is 4.01. The highest BCUT2D eigenvalue weighted by Gasteiger charge is 2.25. The molecule has 3 nitrogen and oxygen atoms in total. The van der Waals surface area contributed by atoms with E-state index >= 15 is 0 Å². The summed E-state index contributed by atoms with van der Waals surface area (Å²) in [4.78, 5) is 13.5. The molecule has 1 aromatic rings. The minimum atomic E-state index is -0.815. The molecule has 16 heavy (non-hydrogen) atoms. The van der Waals surface area contributed by atoms with E-state index in [2.05, 4.69) is 15.9 Å². The molecule has 2 N–H and O–H groups in total. The molecule has 0 atom stereocenters. The molecule has 1 aromatic carbocycles. The van der Waals surface area contributed by atoms with Crippen LogP contribution in [0.25, 0.3) is 0 Å². The summed E-state index contributed by atoms with van der Waals surface area (Å²) >= 11 is 3.37. The Morgan fingerprint density at radius 1 is 1.38 bits per heavy atom. The van der Waals surface area contributed by atoms with E-state index in [1.165, 1.54) is 0 Å². The summed E-state index contributed by atoms with van der Waals surface area (Å²) in [7, 11) is 1.76. The van der Waals surface area contributed by atoms with Crippen LogP contribution >= 0.6 is 15.9 Å². The minimum absolute atomic E-state index is 0.0598. The maximum atomic E-state index is 11.8. The van der Waals surface area contributed by atoms with E-state index in [4.69, 9.17) is 5.73 Å². The zero-order chi connectivity index (χ0) is 12.3. The number of amides is 1. The van der Waals surface area contributed by atoms with Crippen molar-refractivity contribution in [3.8, 4) is 0 Å². The summed E-state index contributed by atoms with van der Waals surface area (Å²) in [5, 5.41) is 0. The lowest BCUT2D eigenvalue weighted by molar-refractivity contribution is -0.134. The largest absolute Gasteiger partial charge is 0.340 e. The fraction of sp³-hybridized carbons (Fsp3) is 0.417. The molecule has 0 heterocycles. The second-order valence-electron chi connectivity index (χ2n) is 4.51. The molecule has 1 amide bonds. The molecule has 88 valence electrons. The van der Waals surface area contributed by atoms with Crippen LogP contribution in [-0.2, 0) is 11.3 Å². The Morgan fingerprint density at radius 2 is 1.88 bits per heavy atom. The van der Waals surface area contributed by atoms with Gasteiger partial charge in [0.1, 0.15) is 0 Å². The topological polar surface area (TPSA) is 46.3 Å². The minimum Gasteiger partial charge on any atom is -0.340 e. The summed E-state index contributed by atoms with van der Waals surface area (Å²) in [5.74, 6) is -0.0598. The van der Waals surface area contributed by atoms with Crippen molar-refractivity contribution in [3.05, 3.63) is 34.3 Å². The van der Waals surface area contributed by atoms with Crippen LogP contribution < -0.4 is 5.73 Å². The first kappa shape index (κ1) is 13.2. The van der Waals surface area contributed by atoms with Gasteiger partial charge in [0.15, 0.2) is 0 Å². The monoisotopic (exact) mass is 284 g/mol. The molecule has 0 unspecified atom stereocenters. The fourth-order valence-corrected chi connectivity index (χ4v) is 1.69. The van der Waals surface area contributed by atoms with Crippen LogP contribution in [0.4, 0.5) is 0 Å². The smallest absolute Gasteiger partial charge is 0.242 e. The Kier molecular flexibility index (Phi) is 4.10. The Bertz CT molecular complexity index is 368. The molecule has 1 rings (SSSR count). The molecule has 0 aliphatic carbocycles. The molecule has 0 spiro atoms. The van der Waals surface area contributed by atoms with Crippen molar-refractivity contribution in [2.75, 3.05) is 7.05 Å². The number of hydrogen-bond donors (Lipinski definition) is 1. The van der Waals surface area contributed by atoms with Crippen molar-refractivity contribution in [3.63, 3.8) is 0 Å². The molecule has 0 aromatic heterocycles. The molecule has 0 aliphatic rings. The van der Waals surface area contributed by atoms with Crippen molar-refractivity contribution in [1.29, 1.82) is 0 Å². The van der Waals surface area contributed by atoms with Gasteiger partial charge in [-0.3, -0.25) is 4.79 Å². The Balaban J connectivity index is 2.68. The standard InChI is InChI=1S/C12H17BrN2O/c1-12(2,14)11(16)15(3)8-9-4-6-10(13)7-5-9/h4-7H,8,14H2,1-3H3. The van der Waals surface area contributed by atoms with Crippen LogP contribution in [0.5, 0.6) is 0 Å². The Morgan fingerprint density at radius 3 is 2.31 bits per heavy atom. The van der Waals surface area contributed by atoms with Crippen LogP contribution in [0.3, 0.4) is 0 Å². The second kappa shape index (κ2) is 4.97. The molecule has 0 fully saturated rings. The molecule has 0 saturated heterocycles. The average Bonchev–Trinajstić information content (AvgIpc) is 2.19. The first-order valence-electron chi connectivity index (χ1n) is 5.09. The first-order chi connectivity index (χ1) is 7.30. The van der Waals surface area contributed by atoms with Crippen molar-refractivity contribution in [2.45, 2.75) is 25.9 Å². The summed E-state index contributed by atoms with van der Waals surface area (Å²) < 4.78 is 1.03. The lowest BCUT2D eigenvalue weighted by Gasteiger charge is -2.25. The van der Waals surface area contributed by atoms with E-state index in [9.17, 15) is 4.79 Å². The van der Waals surface area contributed by atoms with Gasteiger partial charge in [-0.25, -0.2) is 0 Å². The van der Waals surface area contributed by atoms with Gasteiger partial charge in [-0.05, 0) is 31.5 Å². The van der Waals surface area contributed by atoms with Crippen molar-refractivity contribution in [2.24, 2.45) is 5.73 Å². The highest BCUT2D eigenvalue weighted by Crippen LogP contribution is 2.13. The van der Waals surface area contributed by atoms with Crippen molar-refractivity contribution < 1.29 is 4.79 Å². The van der Waals surface area contributed by atoms with E-state index in [-0.39, 0.29) is 5.91 Å². The Hall–Kier alpha value is -0.870. The first-order valence-corrected chi connectivity index (χ1v) is 5.89. The van der Waals surface area contributed by atoms with Crippen LogP contribution in [-0.4, -0.2) is 23.4 Å². The molecule has 0 radical (unpaired) electrons. The van der Waals surface area contributed by atoms with Crippen molar-refractivity contribution >= 4 is 21.8 Å². The molecular weight excluding hydrogens is 268 g/mol. The summed E-state index contributed by atoms with van der Waals surface area (Å²) in [5.41, 5.74) is 6.03. The number of carbonyl (C=O) groups is 1. The quantitative estimate of drug-likeness (QED) is 0.925. The van der Waals surface area contributed by atoms with Gasteiger partial charge in [-0.15, -0.1) is 0 Å². The normalized spacial score (nSPS) is 11.3. The van der Waals surface area contributed by atoms with Crippen LogP contribution in [0.15, 0.2) is 28.7 Å². The molecule has 0 bridgehead atoms. The van der Waals surface area contributed by atoms with E-state index in [1.54, 1.807) is 25.8 Å². The highest BCUT2D eigenvalue weighted by atomic mass is 79.9. The molecule has 0 saturated carbocycles. The van der Waals surface area contributed by atoms with Crippen molar-refractivity contribution in [1.82, 2.24) is 4.90 Å². The third-order valence-electron chi connectivity index (χ3n) is 2.23. The van der Waals surface area contributed by atoms with Gasteiger partial charge in [0, 0.05) is 18.1 Å². The van der Waals surface area contributed by atoms with Crippen LogP contribution in [0.2, 0.25) is 0 Å². The lowest BCUT2D eigenvalue weighted by atomic mass is 10.1. The second-order valence-corrected chi connectivity index (χ2v) is 5.43. The number of halogens is 1. The number of carbonyl (C=O) groups excluding carboxylic acids is 1. The van der Waals surface area contributed by atoms with Crippen LogP contribution in [0.1, 0.15) is 19.4 Å². The maximum Gasteiger partial charge on any atom is 0.242 e. The maximum absolute atomic E-state index is 11.8. The zero-order valence-electron chi connectivity index (χ0n) is 9.83. The van der Waals surface area contributed by atoms with E-state index in [0.29, 0.717) is 6.54 Å². The zero-order valence-corrected chi connectivity index (χ0v) is 11.4.